The second-order valence-electron chi connectivity index (χ2n) is 5.40. The molecule has 104 valence electrons. The molecule has 0 spiro atoms. The number of benzene rings is 1. The molecule has 2 N–H and O–H groups in total. The third-order valence-corrected chi connectivity index (χ3v) is 4.37. The van der Waals surface area contributed by atoms with Gasteiger partial charge in [0.2, 0.25) is 0 Å². The van der Waals surface area contributed by atoms with Crippen LogP contribution in [0, 0.1) is 0 Å². The van der Waals surface area contributed by atoms with Crippen molar-refractivity contribution in [2.45, 2.75) is 24.3 Å². The SMILES string of the molecule is NC(c1cccnc1)C1(c2ccccc2)CCOCC1. The molecule has 1 aliphatic heterocycles. The highest BCUT2D eigenvalue weighted by molar-refractivity contribution is 5.32. The van der Waals surface area contributed by atoms with E-state index >= 15 is 0 Å². The first kappa shape index (κ1) is 13.3. The molecule has 2 aromatic rings. The number of nitrogens with zero attached hydrogens (tertiary/aromatic N) is 1. The van der Waals surface area contributed by atoms with Gasteiger partial charge in [0.1, 0.15) is 0 Å². The Hall–Kier alpha value is -1.71. The molecule has 1 saturated heterocycles. The van der Waals surface area contributed by atoms with E-state index in [1.54, 1.807) is 6.20 Å². The number of rotatable bonds is 3. The average Bonchev–Trinajstić information content (AvgIpc) is 2.56. The van der Waals surface area contributed by atoms with Gasteiger partial charge in [0.25, 0.3) is 0 Å². The third kappa shape index (κ3) is 2.35. The van der Waals surface area contributed by atoms with Crippen LogP contribution in [0.2, 0.25) is 0 Å². The summed E-state index contributed by atoms with van der Waals surface area (Å²) in [6.45, 7) is 1.53. The second kappa shape index (κ2) is 5.73. The summed E-state index contributed by atoms with van der Waals surface area (Å²) in [6, 6.07) is 14.5. The number of hydrogen-bond acceptors (Lipinski definition) is 3. The summed E-state index contributed by atoms with van der Waals surface area (Å²) in [6.07, 6.45) is 5.57. The molecular weight excluding hydrogens is 248 g/mol. The van der Waals surface area contributed by atoms with E-state index in [4.69, 9.17) is 10.5 Å². The van der Waals surface area contributed by atoms with Crippen molar-refractivity contribution >= 4 is 0 Å². The number of nitrogens with two attached hydrogens (primary N) is 1. The van der Waals surface area contributed by atoms with Gasteiger partial charge < -0.3 is 10.5 Å². The maximum Gasteiger partial charge on any atom is 0.0475 e. The number of pyridine rings is 1. The number of hydrogen-bond donors (Lipinski definition) is 1. The zero-order valence-electron chi connectivity index (χ0n) is 11.5. The normalized spacial score (nSPS) is 19.4. The fourth-order valence-electron chi connectivity index (χ4n) is 3.16. The van der Waals surface area contributed by atoms with Gasteiger partial charge in [-0.25, -0.2) is 0 Å². The van der Waals surface area contributed by atoms with Gasteiger partial charge in [-0.2, -0.15) is 0 Å². The zero-order chi connectivity index (χ0) is 13.8. The van der Waals surface area contributed by atoms with Crippen molar-refractivity contribution in [3.8, 4) is 0 Å². The van der Waals surface area contributed by atoms with Crippen LogP contribution in [0.5, 0.6) is 0 Å². The molecule has 1 aromatic heterocycles. The Bertz CT molecular complexity index is 535. The van der Waals surface area contributed by atoms with Crippen LogP contribution < -0.4 is 5.73 Å². The van der Waals surface area contributed by atoms with E-state index in [1.165, 1.54) is 5.56 Å². The third-order valence-electron chi connectivity index (χ3n) is 4.37. The van der Waals surface area contributed by atoms with Gasteiger partial charge >= 0.3 is 0 Å². The highest BCUT2D eigenvalue weighted by Crippen LogP contribution is 2.43. The minimum Gasteiger partial charge on any atom is -0.381 e. The Morgan fingerprint density at radius 3 is 2.45 bits per heavy atom. The lowest BCUT2D eigenvalue weighted by Crippen LogP contribution is -2.43. The van der Waals surface area contributed by atoms with E-state index in [1.807, 2.05) is 18.3 Å². The Balaban J connectivity index is 2.02. The lowest BCUT2D eigenvalue weighted by Gasteiger charge is -2.42. The molecule has 2 heterocycles. The summed E-state index contributed by atoms with van der Waals surface area (Å²) < 4.78 is 5.56. The summed E-state index contributed by atoms with van der Waals surface area (Å²) >= 11 is 0. The van der Waals surface area contributed by atoms with E-state index in [0.29, 0.717) is 0 Å². The van der Waals surface area contributed by atoms with Crippen molar-refractivity contribution in [2.75, 3.05) is 13.2 Å². The largest absolute Gasteiger partial charge is 0.381 e. The van der Waals surface area contributed by atoms with Crippen molar-refractivity contribution in [1.82, 2.24) is 4.98 Å². The standard InChI is InChI=1S/C17H20N2O/c18-16(14-5-4-10-19-13-14)17(8-11-20-12-9-17)15-6-2-1-3-7-15/h1-7,10,13,16H,8-9,11-12,18H2. The lowest BCUT2D eigenvalue weighted by molar-refractivity contribution is 0.0397. The summed E-state index contributed by atoms with van der Waals surface area (Å²) in [5, 5.41) is 0. The van der Waals surface area contributed by atoms with E-state index in [0.717, 1.165) is 31.6 Å². The van der Waals surface area contributed by atoms with Gasteiger partial charge in [-0.3, -0.25) is 4.98 Å². The van der Waals surface area contributed by atoms with Crippen molar-refractivity contribution in [2.24, 2.45) is 5.73 Å². The van der Waals surface area contributed by atoms with Crippen molar-refractivity contribution in [1.29, 1.82) is 0 Å². The topological polar surface area (TPSA) is 48.1 Å². The summed E-state index contributed by atoms with van der Waals surface area (Å²) in [7, 11) is 0. The minimum atomic E-state index is -0.0532. The smallest absolute Gasteiger partial charge is 0.0475 e. The van der Waals surface area contributed by atoms with Gasteiger partial charge in [-0.05, 0) is 30.0 Å². The van der Waals surface area contributed by atoms with Crippen LogP contribution in [-0.2, 0) is 10.2 Å². The minimum absolute atomic E-state index is 0.0530. The fraction of sp³-hybridized carbons (Fsp3) is 0.353. The first-order chi connectivity index (χ1) is 9.83. The molecule has 1 aliphatic rings. The first-order valence-electron chi connectivity index (χ1n) is 7.12. The predicted molar refractivity (Wildman–Crippen MR) is 79.3 cm³/mol. The fourth-order valence-corrected chi connectivity index (χ4v) is 3.16. The van der Waals surface area contributed by atoms with Gasteiger partial charge in [-0.15, -0.1) is 0 Å². The zero-order valence-corrected chi connectivity index (χ0v) is 11.5. The van der Waals surface area contributed by atoms with Crippen LogP contribution in [0.1, 0.15) is 30.0 Å². The van der Waals surface area contributed by atoms with E-state index in [-0.39, 0.29) is 11.5 Å². The van der Waals surface area contributed by atoms with Gasteiger partial charge in [0, 0.05) is 37.1 Å². The first-order valence-corrected chi connectivity index (χ1v) is 7.12. The van der Waals surface area contributed by atoms with Crippen LogP contribution in [0.25, 0.3) is 0 Å². The van der Waals surface area contributed by atoms with Crippen LogP contribution in [0.4, 0.5) is 0 Å². The Kier molecular flexibility index (Phi) is 3.81. The highest BCUT2D eigenvalue weighted by Gasteiger charge is 2.40. The molecule has 1 atom stereocenters. The molecule has 3 heteroatoms. The summed E-state index contributed by atoms with van der Waals surface area (Å²) in [5.74, 6) is 0. The van der Waals surface area contributed by atoms with Crippen molar-refractivity contribution < 1.29 is 4.74 Å². The Morgan fingerprint density at radius 2 is 1.80 bits per heavy atom. The predicted octanol–water partition coefficient (Wildman–Crippen LogP) is 2.83. The van der Waals surface area contributed by atoms with Crippen LogP contribution in [0.3, 0.4) is 0 Å². The van der Waals surface area contributed by atoms with Crippen LogP contribution in [0.15, 0.2) is 54.9 Å². The monoisotopic (exact) mass is 268 g/mol. The molecule has 0 saturated carbocycles. The molecule has 1 aromatic carbocycles. The van der Waals surface area contributed by atoms with Crippen molar-refractivity contribution in [3.05, 3.63) is 66.0 Å². The van der Waals surface area contributed by atoms with Gasteiger partial charge in [0.15, 0.2) is 0 Å². The summed E-state index contributed by atoms with van der Waals surface area (Å²) in [5.41, 5.74) is 8.99. The average molecular weight is 268 g/mol. The Morgan fingerprint density at radius 1 is 1.05 bits per heavy atom. The number of ether oxygens (including phenoxy) is 1. The molecule has 0 aliphatic carbocycles. The van der Waals surface area contributed by atoms with Gasteiger partial charge in [-0.1, -0.05) is 36.4 Å². The molecular formula is C17H20N2O. The Labute approximate surface area is 119 Å². The van der Waals surface area contributed by atoms with E-state index in [2.05, 4.69) is 35.3 Å². The molecule has 0 amide bonds. The van der Waals surface area contributed by atoms with Gasteiger partial charge in [0.05, 0.1) is 0 Å². The summed E-state index contributed by atoms with van der Waals surface area (Å²) in [4.78, 5) is 4.21. The second-order valence-corrected chi connectivity index (χ2v) is 5.40. The van der Waals surface area contributed by atoms with E-state index < -0.39 is 0 Å². The lowest BCUT2D eigenvalue weighted by atomic mass is 9.67. The molecule has 0 radical (unpaired) electrons. The molecule has 1 fully saturated rings. The highest BCUT2D eigenvalue weighted by atomic mass is 16.5. The quantitative estimate of drug-likeness (QED) is 0.931. The molecule has 3 rings (SSSR count). The van der Waals surface area contributed by atoms with Crippen LogP contribution >= 0.6 is 0 Å². The number of aromatic nitrogens is 1. The maximum absolute atomic E-state index is 6.64. The van der Waals surface area contributed by atoms with E-state index in [9.17, 15) is 0 Å². The molecule has 1 unspecified atom stereocenters. The maximum atomic E-state index is 6.64. The molecule has 0 bridgehead atoms. The molecule has 3 nitrogen and oxygen atoms in total. The van der Waals surface area contributed by atoms with Crippen LogP contribution in [-0.4, -0.2) is 18.2 Å². The molecule has 20 heavy (non-hydrogen) atoms. The van der Waals surface area contributed by atoms with Crippen molar-refractivity contribution in [3.63, 3.8) is 0 Å².